The van der Waals surface area contributed by atoms with Crippen molar-refractivity contribution in [1.82, 2.24) is 19.5 Å². The highest BCUT2D eigenvalue weighted by molar-refractivity contribution is 5.81. The number of anilines is 1. The number of nitrogens with two attached hydrogens (primary N) is 1. The van der Waals surface area contributed by atoms with Crippen molar-refractivity contribution in [2.45, 2.75) is 6.92 Å². The molecule has 5 heteroatoms. The minimum absolute atomic E-state index is 0.282. The fraction of sp³-hybridized carbons (Fsp3) is 0.154. The lowest BCUT2D eigenvalue weighted by Crippen LogP contribution is -1.95. The summed E-state index contributed by atoms with van der Waals surface area (Å²) in [5.41, 5.74) is 9.47. The van der Waals surface area contributed by atoms with Gasteiger partial charge in [-0.15, -0.1) is 0 Å². The highest BCUT2D eigenvalue weighted by Crippen LogP contribution is 2.23. The first-order valence-corrected chi connectivity index (χ1v) is 5.67. The van der Waals surface area contributed by atoms with E-state index in [1.807, 2.05) is 38.2 Å². The van der Waals surface area contributed by atoms with E-state index in [1.165, 1.54) is 0 Å². The number of aromatic nitrogens is 4. The second-order valence-electron chi connectivity index (χ2n) is 4.22. The SMILES string of the molecule is Cc1nc2cc(-c3ccnc(N)n3)ccc2n1C. The van der Waals surface area contributed by atoms with Crippen molar-refractivity contribution in [1.29, 1.82) is 0 Å². The van der Waals surface area contributed by atoms with Gasteiger partial charge >= 0.3 is 0 Å². The van der Waals surface area contributed by atoms with Crippen molar-refractivity contribution in [3.63, 3.8) is 0 Å². The van der Waals surface area contributed by atoms with E-state index in [4.69, 9.17) is 5.73 Å². The van der Waals surface area contributed by atoms with Gasteiger partial charge in [0.05, 0.1) is 16.7 Å². The largest absolute Gasteiger partial charge is 0.368 e. The highest BCUT2D eigenvalue weighted by atomic mass is 15.0. The number of rotatable bonds is 1. The summed E-state index contributed by atoms with van der Waals surface area (Å²) in [5.74, 6) is 1.27. The Balaban J connectivity index is 2.19. The van der Waals surface area contributed by atoms with Crippen LogP contribution in [0.15, 0.2) is 30.5 Å². The number of hydrogen-bond donors (Lipinski definition) is 1. The van der Waals surface area contributed by atoms with Gasteiger partial charge in [0.2, 0.25) is 5.95 Å². The van der Waals surface area contributed by atoms with E-state index < -0.39 is 0 Å². The zero-order chi connectivity index (χ0) is 12.7. The van der Waals surface area contributed by atoms with Crippen LogP contribution >= 0.6 is 0 Å². The normalized spacial score (nSPS) is 11.0. The smallest absolute Gasteiger partial charge is 0.220 e. The zero-order valence-electron chi connectivity index (χ0n) is 10.3. The molecule has 0 radical (unpaired) electrons. The van der Waals surface area contributed by atoms with Crippen LogP contribution < -0.4 is 5.73 Å². The van der Waals surface area contributed by atoms with E-state index in [2.05, 4.69) is 19.5 Å². The highest BCUT2D eigenvalue weighted by Gasteiger charge is 2.07. The van der Waals surface area contributed by atoms with Crippen molar-refractivity contribution >= 4 is 17.0 Å². The molecule has 18 heavy (non-hydrogen) atoms. The summed E-state index contributed by atoms with van der Waals surface area (Å²) in [4.78, 5) is 12.6. The van der Waals surface area contributed by atoms with Gasteiger partial charge in [0.1, 0.15) is 5.82 Å². The van der Waals surface area contributed by atoms with Gasteiger partial charge in [0, 0.05) is 18.8 Å². The van der Waals surface area contributed by atoms with Gasteiger partial charge in [0.25, 0.3) is 0 Å². The average Bonchev–Trinajstić information content (AvgIpc) is 2.65. The Labute approximate surface area is 104 Å². The Morgan fingerprint density at radius 3 is 2.78 bits per heavy atom. The molecule has 5 nitrogen and oxygen atoms in total. The molecule has 2 aromatic heterocycles. The van der Waals surface area contributed by atoms with E-state index in [1.54, 1.807) is 6.20 Å². The van der Waals surface area contributed by atoms with Crippen LogP contribution in [0.4, 0.5) is 5.95 Å². The number of fused-ring (bicyclic) bond motifs is 1. The molecule has 0 bridgehead atoms. The monoisotopic (exact) mass is 239 g/mol. The summed E-state index contributed by atoms with van der Waals surface area (Å²) in [7, 11) is 2.01. The number of hydrogen-bond acceptors (Lipinski definition) is 4. The molecule has 3 aromatic rings. The summed E-state index contributed by atoms with van der Waals surface area (Å²) in [5, 5.41) is 0. The van der Waals surface area contributed by atoms with Crippen molar-refractivity contribution in [3.05, 3.63) is 36.3 Å². The minimum Gasteiger partial charge on any atom is -0.368 e. The Bertz CT molecular complexity index is 729. The van der Waals surface area contributed by atoms with E-state index in [0.717, 1.165) is 28.1 Å². The van der Waals surface area contributed by atoms with Crippen LogP contribution in [0.1, 0.15) is 5.82 Å². The van der Waals surface area contributed by atoms with Gasteiger partial charge in [-0.2, -0.15) is 0 Å². The Morgan fingerprint density at radius 2 is 2.00 bits per heavy atom. The number of imidazole rings is 1. The first-order chi connectivity index (χ1) is 8.65. The van der Waals surface area contributed by atoms with Crippen molar-refractivity contribution in [2.75, 3.05) is 5.73 Å². The van der Waals surface area contributed by atoms with Gasteiger partial charge in [-0.25, -0.2) is 15.0 Å². The molecule has 0 amide bonds. The first-order valence-electron chi connectivity index (χ1n) is 5.67. The molecule has 0 saturated heterocycles. The lowest BCUT2D eigenvalue weighted by molar-refractivity contribution is 0.886. The maximum absolute atomic E-state index is 5.59. The third-order valence-electron chi connectivity index (χ3n) is 3.07. The molecule has 0 aliphatic rings. The third-order valence-corrected chi connectivity index (χ3v) is 3.07. The Kier molecular flexibility index (Phi) is 2.26. The van der Waals surface area contributed by atoms with E-state index in [0.29, 0.717) is 0 Å². The molecule has 2 heterocycles. The maximum Gasteiger partial charge on any atom is 0.220 e. The molecule has 0 fully saturated rings. The van der Waals surface area contributed by atoms with Crippen LogP contribution in [0.5, 0.6) is 0 Å². The van der Waals surface area contributed by atoms with E-state index in [-0.39, 0.29) is 5.95 Å². The standard InChI is InChI=1S/C13H13N5/c1-8-16-11-7-9(3-4-12(11)18(8)2)10-5-6-15-13(14)17-10/h3-7H,1-2H3,(H2,14,15,17). The molecule has 90 valence electrons. The second kappa shape index (κ2) is 3.80. The predicted octanol–water partition coefficient (Wildman–Crippen LogP) is 1.92. The Hall–Kier alpha value is -2.43. The zero-order valence-corrected chi connectivity index (χ0v) is 10.3. The molecule has 0 spiro atoms. The predicted molar refractivity (Wildman–Crippen MR) is 70.9 cm³/mol. The van der Waals surface area contributed by atoms with Crippen LogP contribution in [-0.4, -0.2) is 19.5 Å². The van der Waals surface area contributed by atoms with Crippen molar-refractivity contribution < 1.29 is 0 Å². The van der Waals surface area contributed by atoms with Crippen molar-refractivity contribution in [3.8, 4) is 11.3 Å². The molecule has 0 unspecified atom stereocenters. The summed E-state index contributed by atoms with van der Waals surface area (Å²) in [6, 6.07) is 7.92. The fourth-order valence-corrected chi connectivity index (χ4v) is 2.01. The lowest BCUT2D eigenvalue weighted by atomic mass is 10.1. The van der Waals surface area contributed by atoms with Gasteiger partial charge in [-0.05, 0) is 25.1 Å². The summed E-state index contributed by atoms with van der Waals surface area (Å²) >= 11 is 0. The Morgan fingerprint density at radius 1 is 1.17 bits per heavy atom. The molecular weight excluding hydrogens is 226 g/mol. The summed E-state index contributed by atoms with van der Waals surface area (Å²) in [6.45, 7) is 1.99. The number of nitrogens with zero attached hydrogens (tertiary/aromatic N) is 4. The van der Waals surface area contributed by atoms with E-state index >= 15 is 0 Å². The van der Waals surface area contributed by atoms with Crippen LogP contribution in [0.25, 0.3) is 22.3 Å². The summed E-state index contributed by atoms with van der Waals surface area (Å²) < 4.78 is 2.06. The van der Waals surface area contributed by atoms with Crippen LogP contribution in [0.3, 0.4) is 0 Å². The van der Waals surface area contributed by atoms with Gasteiger partial charge in [-0.1, -0.05) is 6.07 Å². The number of benzene rings is 1. The molecule has 0 atom stereocenters. The minimum atomic E-state index is 0.282. The second-order valence-corrected chi connectivity index (χ2v) is 4.22. The third kappa shape index (κ3) is 1.60. The van der Waals surface area contributed by atoms with Crippen LogP contribution in [-0.2, 0) is 7.05 Å². The fourth-order valence-electron chi connectivity index (χ4n) is 2.01. The number of nitrogen functional groups attached to an aromatic ring is 1. The number of aryl methyl sites for hydroxylation is 2. The summed E-state index contributed by atoms with van der Waals surface area (Å²) in [6.07, 6.45) is 1.66. The van der Waals surface area contributed by atoms with E-state index in [9.17, 15) is 0 Å². The molecule has 0 aliphatic heterocycles. The quantitative estimate of drug-likeness (QED) is 0.704. The topological polar surface area (TPSA) is 69.6 Å². The first kappa shape index (κ1) is 10.7. The average molecular weight is 239 g/mol. The molecule has 0 aliphatic carbocycles. The lowest BCUT2D eigenvalue weighted by Gasteiger charge is -2.02. The van der Waals surface area contributed by atoms with Gasteiger partial charge in [-0.3, -0.25) is 0 Å². The molecule has 1 aromatic carbocycles. The molecule has 2 N–H and O–H groups in total. The van der Waals surface area contributed by atoms with Crippen molar-refractivity contribution in [2.24, 2.45) is 7.05 Å². The van der Waals surface area contributed by atoms with Crippen LogP contribution in [0.2, 0.25) is 0 Å². The van der Waals surface area contributed by atoms with Gasteiger partial charge in [0.15, 0.2) is 0 Å². The van der Waals surface area contributed by atoms with Gasteiger partial charge < -0.3 is 10.3 Å². The molecule has 3 rings (SSSR count). The molecular formula is C13H13N5. The maximum atomic E-state index is 5.59. The van der Waals surface area contributed by atoms with Crippen LogP contribution in [0, 0.1) is 6.92 Å². The molecule has 0 saturated carbocycles.